The van der Waals surface area contributed by atoms with E-state index in [4.69, 9.17) is 4.74 Å². The number of hydrogen-bond donors (Lipinski definition) is 0. The van der Waals surface area contributed by atoms with Crippen LogP contribution in [0.15, 0.2) is 47.4 Å². The number of anilines is 1. The molecule has 4 nitrogen and oxygen atoms in total. The van der Waals surface area contributed by atoms with Gasteiger partial charge < -0.3 is 4.74 Å². The Morgan fingerprint density at radius 3 is 2.19 bits per heavy atom. The van der Waals surface area contributed by atoms with E-state index in [1.807, 2.05) is 44.2 Å². The number of ether oxygens (including phenoxy) is 1. The van der Waals surface area contributed by atoms with Gasteiger partial charge in [-0.1, -0.05) is 50.5 Å². The third-order valence-corrected chi connectivity index (χ3v) is 6.95. The van der Waals surface area contributed by atoms with Gasteiger partial charge in [0, 0.05) is 0 Å². The Bertz CT molecular complexity index is 890. The molecule has 2 atom stereocenters. The van der Waals surface area contributed by atoms with E-state index in [1.165, 1.54) is 0 Å². The first-order valence-corrected chi connectivity index (χ1v) is 11.2. The van der Waals surface area contributed by atoms with Crippen LogP contribution in [0.25, 0.3) is 0 Å². The van der Waals surface area contributed by atoms with Crippen molar-refractivity contribution in [3.05, 3.63) is 53.6 Å². The number of nitrogens with zero attached hydrogens (tertiary/aromatic N) is 1. The van der Waals surface area contributed by atoms with Crippen LogP contribution in [-0.2, 0) is 10.0 Å². The highest BCUT2D eigenvalue weighted by atomic mass is 32.2. The van der Waals surface area contributed by atoms with Crippen molar-refractivity contribution in [1.82, 2.24) is 0 Å². The van der Waals surface area contributed by atoms with Crippen molar-refractivity contribution < 1.29 is 13.2 Å². The molecule has 1 heterocycles. The van der Waals surface area contributed by atoms with E-state index in [9.17, 15) is 8.42 Å². The Balaban J connectivity index is 2.18. The van der Waals surface area contributed by atoms with Crippen LogP contribution in [0.2, 0.25) is 0 Å². The molecule has 2 aromatic carbocycles. The lowest BCUT2D eigenvalue weighted by Crippen LogP contribution is -2.52. The van der Waals surface area contributed by atoms with Gasteiger partial charge in [0.2, 0.25) is 0 Å². The summed E-state index contributed by atoms with van der Waals surface area (Å²) in [5.74, 6) is 0.655. The molecule has 0 saturated heterocycles. The molecular weight excluding hydrogens is 358 g/mol. The molecule has 0 aromatic heterocycles. The van der Waals surface area contributed by atoms with Crippen molar-refractivity contribution in [1.29, 1.82) is 0 Å². The molecule has 1 aliphatic rings. The number of sulfonamides is 1. The van der Waals surface area contributed by atoms with Gasteiger partial charge in [0.05, 0.1) is 16.6 Å². The minimum atomic E-state index is -3.68. The second-order valence-corrected chi connectivity index (χ2v) is 9.20. The summed E-state index contributed by atoms with van der Waals surface area (Å²) >= 11 is 0. The van der Waals surface area contributed by atoms with Gasteiger partial charge in [-0.25, -0.2) is 8.42 Å². The third-order valence-electron chi connectivity index (χ3n) is 5.10. The van der Waals surface area contributed by atoms with Crippen molar-refractivity contribution in [3.63, 3.8) is 0 Å². The lowest BCUT2D eigenvalue weighted by Gasteiger charge is -2.42. The summed E-state index contributed by atoms with van der Waals surface area (Å²) in [6.07, 6.45) is 3.31. The predicted molar refractivity (Wildman–Crippen MR) is 110 cm³/mol. The van der Waals surface area contributed by atoms with Gasteiger partial charge in [0.15, 0.2) is 0 Å². The topological polar surface area (TPSA) is 46.6 Å². The molecule has 146 valence electrons. The minimum absolute atomic E-state index is 0.134. The number of rotatable bonds is 6. The van der Waals surface area contributed by atoms with E-state index >= 15 is 0 Å². The molecule has 0 spiro atoms. The van der Waals surface area contributed by atoms with Crippen molar-refractivity contribution in [2.24, 2.45) is 0 Å². The average Bonchev–Trinajstić information content (AvgIpc) is 2.63. The van der Waals surface area contributed by atoms with Crippen LogP contribution in [-0.4, -0.2) is 20.6 Å². The highest BCUT2D eigenvalue weighted by molar-refractivity contribution is 7.92. The van der Waals surface area contributed by atoms with E-state index in [2.05, 4.69) is 13.8 Å². The standard InChI is InChI=1S/C22H29NO3S/c1-5-7-19-21(8-6-2)26-22-14-11-17(4)15-20(22)23(19)27(24,25)18-12-9-16(3)10-13-18/h9-15,19,21H,5-8H2,1-4H3. The summed E-state index contributed by atoms with van der Waals surface area (Å²) < 4.78 is 35.3. The van der Waals surface area contributed by atoms with E-state index in [-0.39, 0.29) is 12.1 Å². The number of benzene rings is 2. The second kappa shape index (κ2) is 7.93. The third kappa shape index (κ3) is 3.84. The van der Waals surface area contributed by atoms with Crippen molar-refractivity contribution in [2.45, 2.75) is 70.4 Å². The lowest BCUT2D eigenvalue weighted by atomic mass is 9.98. The maximum atomic E-state index is 13.7. The van der Waals surface area contributed by atoms with E-state index in [0.717, 1.165) is 36.8 Å². The molecule has 0 bridgehead atoms. The van der Waals surface area contributed by atoms with Gasteiger partial charge in [0.1, 0.15) is 11.9 Å². The summed E-state index contributed by atoms with van der Waals surface area (Å²) in [7, 11) is -3.68. The minimum Gasteiger partial charge on any atom is -0.486 e. The molecule has 3 rings (SSSR count). The van der Waals surface area contributed by atoms with Crippen molar-refractivity contribution >= 4 is 15.7 Å². The Labute approximate surface area is 163 Å². The first-order chi connectivity index (χ1) is 12.9. The molecular formula is C22H29NO3S. The Kier molecular flexibility index (Phi) is 5.80. The molecule has 0 aliphatic carbocycles. The van der Waals surface area contributed by atoms with E-state index in [0.29, 0.717) is 16.3 Å². The van der Waals surface area contributed by atoms with Crippen LogP contribution in [0.3, 0.4) is 0 Å². The van der Waals surface area contributed by atoms with Crippen LogP contribution in [0.1, 0.15) is 50.7 Å². The molecule has 0 radical (unpaired) electrons. The summed E-state index contributed by atoms with van der Waals surface area (Å²) in [4.78, 5) is 0.332. The first-order valence-electron chi connectivity index (χ1n) is 9.77. The van der Waals surface area contributed by atoms with Crippen molar-refractivity contribution in [2.75, 3.05) is 4.31 Å². The van der Waals surface area contributed by atoms with Gasteiger partial charge in [-0.15, -0.1) is 0 Å². The SMILES string of the molecule is CCCC1Oc2ccc(C)cc2N(S(=O)(=O)c2ccc(C)cc2)C1CCC. The predicted octanol–water partition coefficient (Wildman–Crippen LogP) is 5.23. The number of hydrogen-bond acceptors (Lipinski definition) is 3. The van der Waals surface area contributed by atoms with Gasteiger partial charge in [0.25, 0.3) is 10.0 Å². The van der Waals surface area contributed by atoms with Crippen LogP contribution in [0.4, 0.5) is 5.69 Å². The van der Waals surface area contributed by atoms with Gasteiger partial charge >= 0.3 is 0 Å². The summed E-state index contributed by atoms with van der Waals surface area (Å²) in [5, 5.41) is 0. The molecule has 0 amide bonds. The molecule has 0 fully saturated rings. The molecule has 2 aromatic rings. The van der Waals surface area contributed by atoms with E-state index in [1.54, 1.807) is 16.4 Å². The highest BCUT2D eigenvalue weighted by Gasteiger charge is 2.41. The summed E-state index contributed by atoms with van der Waals surface area (Å²) in [5.41, 5.74) is 2.72. The fraction of sp³-hybridized carbons (Fsp3) is 0.455. The number of fused-ring (bicyclic) bond motifs is 1. The summed E-state index contributed by atoms with van der Waals surface area (Å²) in [6, 6.07) is 12.7. The zero-order valence-electron chi connectivity index (χ0n) is 16.6. The second-order valence-electron chi connectivity index (χ2n) is 7.39. The van der Waals surface area contributed by atoms with Crippen LogP contribution in [0.5, 0.6) is 5.75 Å². The smallest absolute Gasteiger partial charge is 0.264 e. The van der Waals surface area contributed by atoms with Gasteiger partial charge in [-0.05, 0) is 56.5 Å². The molecule has 0 N–H and O–H groups in total. The lowest BCUT2D eigenvalue weighted by molar-refractivity contribution is 0.144. The largest absolute Gasteiger partial charge is 0.486 e. The summed E-state index contributed by atoms with van der Waals surface area (Å²) in [6.45, 7) is 8.13. The zero-order valence-corrected chi connectivity index (χ0v) is 17.4. The van der Waals surface area contributed by atoms with Gasteiger partial charge in [-0.2, -0.15) is 0 Å². The maximum absolute atomic E-state index is 13.7. The molecule has 5 heteroatoms. The Hall–Kier alpha value is -2.01. The monoisotopic (exact) mass is 387 g/mol. The first kappa shape index (κ1) is 19.7. The molecule has 0 saturated carbocycles. The average molecular weight is 388 g/mol. The molecule has 1 aliphatic heterocycles. The van der Waals surface area contributed by atoms with Crippen LogP contribution < -0.4 is 9.04 Å². The fourth-order valence-electron chi connectivity index (χ4n) is 3.74. The van der Waals surface area contributed by atoms with Crippen LogP contribution >= 0.6 is 0 Å². The molecule has 2 unspecified atom stereocenters. The quantitative estimate of drug-likeness (QED) is 0.682. The number of aryl methyl sites for hydroxylation is 2. The Morgan fingerprint density at radius 2 is 1.56 bits per heavy atom. The Morgan fingerprint density at radius 1 is 0.926 bits per heavy atom. The maximum Gasteiger partial charge on any atom is 0.264 e. The fourth-order valence-corrected chi connectivity index (χ4v) is 5.44. The molecule has 27 heavy (non-hydrogen) atoms. The van der Waals surface area contributed by atoms with Crippen LogP contribution in [0, 0.1) is 13.8 Å². The van der Waals surface area contributed by atoms with Crippen molar-refractivity contribution in [3.8, 4) is 5.75 Å². The normalized spacial score (nSPS) is 19.5. The van der Waals surface area contributed by atoms with E-state index < -0.39 is 10.0 Å². The van der Waals surface area contributed by atoms with Gasteiger partial charge in [-0.3, -0.25) is 4.31 Å². The highest BCUT2D eigenvalue weighted by Crippen LogP contribution is 2.42. The zero-order chi connectivity index (χ0) is 19.6.